The molecule has 0 spiro atoms. The minimum Gasteiger partial charge on any atom is -0.479 e. The molecule has 1 aromatic carbocycles. The SMILES string of the molecule is C[C@]12CC[C@@H]3c4ccc(O[C@@H]5O[C@H](C(=O)O)[C@@H](O)[C@H](O)[C@H]5O)cc4CC[C@H]3[C@@H]1CCC2=O.[Na]. The number of fused-ring (bicyclic) bond motifs is 5. The van der Waals surface area contributed by atoms with Crippen molar-refractivity contribution in [2.45, 2.75) is 82.1 Å². The Balaban J connectivity index is 0.00000259. The number of aliphatic hydroxyl groups is 3. The zero-order valence-corrected chi connectivity index (χ0v) is 21.0. The van der Waals surface area contributed by atoms with Crippen LogP contribution < -0.4 is 4.74 Å². The number of carbonyl (C=O) groups excluding carboxylic acids is 1. The van der Waals surface area contributed by atoms with Crippen LogP contribution in [0.2, 0.25) is 0 Å². The number of aliphatic carboxylic acids is 1. The predicted octanol–water partition coefficient (Wildman–Crippen LogP) is 1.00. The van der Waals surface area contributed by atoms with Crippen molar-refractivity contribution in [3.8, 4) is 5.75 Å². The second kappa shape index (κ2) is 9.22. The molecule has 0 amide bonds. The van der Waals surface area contributed by atoms with Crippen LogP contribution in [0.4, 0.5) is 0 Å². The van der Waals surface area contributed by atoms with E-state index in [1.807, 2.05) is 12.1 Å². The van der Waals surface area contributed by atoms with Crippen molar-refractivity contribution in [2.75, 3.05) is 0 Å². The van der Waals surface area contributed by atoms with Crippen LogP contribution in [0.1, 0.15) is 56.1 Å². The average molecular weight is 469 g/mol. The summed E-state index contributed by atoms with van der Waals surface area (Å²) in [4.78, 5) is 23.8. The molecule has 1 saturated heterocycles. The summed E-state index contributed by atoms with van der Waals surface area (Å²) in [6.45, 7) is 2.15. The summed E-state index contributed by atoms with van der Waals surface area (Å²) in [6, 6.07) is 5.69. The van der Waals surface area contributed by atoms with Crippen molar-refractivity contribution >= 4 is 41.3 Å². The van der Waals surface area contributed by atoms with E-state index in [-0.39, 0.29) is 35.0 Å². The molecule has 9 heteroatoms. The van der Waals surface area contributed by atoms with Gasteiger partial charge in [-0.05, 0) is 73.1 Å². The smallest absolute Gasteiger partial charge is 0.335 e. The number of ether oxygens (including phenoxy) is 2. The monoisotopic (exact) mass is 469 g/mol. The molecule has 33 heavy (non-hydrogen) atoms. The van der Waals surface area contributed by atoms with Gasteiger partial charge in [0.1, 0.15) is 29.8 Å². The molecule has 0 unspecified atom stereocenters. The number of carboxylic acid groups (broad SMARTS) is 1. The molecule has 0 bridgehead atoms. The number of ketones is 1. The molecule has 5 rings (SSSR count). The first-order valence-corrected chi connectivity index (χ1v) is 11.5. The fourth-order valence-electron chi connectivity index (χ4n) is 6.69. The van der Waals surface area contributed by atoms with Gasteiger partial charge in [0.05, 0.1) is 0 Å². The Morgan fingerprint density at radius 3 is 2.58 bits per heavy atom. The van der Waals surface area contributed by atoms with E-state index >= 15 is 0 Å². The number of hydrogen-bond acceptors (Lipinski definition) is 7. The van der Waals surface area contributed by atoms with Gasteiger partial charge in [0.2, 0.25) is 6.29 Å². The molecule has 8 nitrogen and oxygen atoms in total. The van der Waals surface area contributed by atoms with Crippen LogP contribution in [0.3, 0.4) is 0 Å². The van der Waals surface area contributed by atoms with Crippen LogP contribution in [0, 0.1) is 17.3 Å². The van der Waals surface area contributed by atoms with Gasteiger partial charge >= 0.3 is 5.97 Å². The van der Waals surface area contributed by atoms with Crippen LogP contribution >= 0.6 is 0 Å². The third-order valence-electron chi connectivity index (χ3n) is 8.47. The number of aliphatic hydroxyl groups excluding tert-OH is 3. The molecule has 1 radical (unpaired) electrons. The molecular weight excluding hydrogens is 439 g/mol. The van der Waals surface area contributed by atoms with Gasteiger partial charge in [-0.1, -0.05) is 13.0 Å². The summed E-state index contributed by atoms with van der Waals surface area (Å²) in [7, 11) is 0. The maximum atomic E-state index is 12.5. The molecule has 1 heterocycles. The fourth-order valence-corrected chi connectivity index (χ4v) is 6.69. The summed E-state index contributed by atoms with van der Waals surface area (Å²) in [5, 5.41) is 39.3. The standard InChI is InChI=1S/C24H30O8.Na/c1-24-9-8-14-13-5-3-12(10-11(13)2-4-15(14)16(24)6-7-17(24)25)31-23-20(28)18(26)19(27)21(32-23)22(29)30;/h3,5,10,14-16,18-21,23,26-28H,2,4,6-9H2,1H3,(H,29,30);/t14-,15-,16+,18+,19+,20-,21+,23-,24+;/m1./s1. The number of carboxylic acids is 1. The van der Waals surface area contributed by atoms with Crippen LogP contribution in [0.25, 0.3) is 0 Å². The Hall–Kier alpha value is -1.000. The summed E-state index contributed by atoms with van der Waals surface area (Å²) in [6.07, 6.45) is -2.65. The van der Waals surface area contributed by atoms with Crippen molar-refractivity contribution < 1.29 is 39.5 Å². The summed E-state index contributed by atoms with van der Waals surface area (Å²) >= 11 is 0. The van der Waals surface area contributed by atoms with Gasteiger partial charge in [-0.3, -0.25) is 4.79 Å². The summed E-state index contributed by atoms with van der Waals surface area (Å²) in [5.74, 6) is 0.773. The van der Waals surface area contributed by atoms with Gasteiger partial charge in [0, 0.05) is 41.4 Å². The molecule has 4 N–H and O–H groups in total. The number of aryl methyl sites for hydroxylation is 1. The Morgan fingerprint density at radius 2 is 1.85 bits per heavy atom. The van der Waals surface area contributed by atoms with E-state index in [1.54, 1.807) is 6.07 Å². The molecule has 4 aliphatic rings. The largest absolute Gasteiger partial charge is 0.479 e. The van der Waals surface area contributed by atoms with E-state index in [9.17, 15) is 30.0 Å². The van der Waals surface area contributed by atoms with E-state index in [2.05, 4.69) is 6.92 Å². The van der Waals surface area contributed by atoms with E-state index in [0.29, 0.717) is 35.7 Å². The minimum absolute atomic E-state index is 0. The zero-order valence-electron chi connectivity index (χ0n) is 19.0. The number of carbonyl (C=O) groups is 2. The molecule has 1 aromatic rings. The third kappa shape index (κ3) is 4.07. The Morgan fingerprint density at radius 1 is 1.09 bits per heavy atom. The zero-order chi connectivity index (χ0) is 22.8. The van der Waals surface area contributed by atoms with Crippen LogP contribution in [-0.2, 0) is 20.7 Å². The maximum Gasteiger partial charge on any atom is 0.335 e. The molecule has 3 fully saturated rings. The van der Waals surface area contributed by atoms with Crippen molar-refractivity contribution in [3.05, 3.63) is 29.3 Å². The van der Waals surface area contributed by atoms with Crippen LogP contribution in [0.5, 0.6) is 5.75 Å². The normalized spacial score (nSPS) is 41.9. The molecule has 1 aliphatic heterocycles. The van der Waals surface area contributed by atoms with Gasteiger partial charge in [-0.25, -0.2) is 4.79 Å². The minimum atomic E-state index is -1.75. The first-order valence-electron chi connectivity index (χ1n) is 11.5. The first-order chi connectivity index (χ1) is 15.2. The molecule has 175 valence electrons. The van der Waals surface area contributed by atoms with Crippen molar-refractivity contribution in [1.82, 2.24) is 0 Å². The Bertz CT molecular complexity index is 937. The molecular formula is C24H30NaO8. The predicted molar refractivity (Wildman–Crippen MR) is 117 cm³/mol. The number of hydrogen-bond donors (Lipinski definition) is 4. The Labute approximate surface area is 214 Å². The second-order valence-corrected chi connectivity index (χ2v) is 10.0. The van der Waals surface area contributed by atoms with E-state index in [4.69, 9.17) is 9.47 Å². The second-order valence-electron chi connectivity index (χ2n) is 10.0. The number of benzene rings is 1. The summed E-state index contributed by atoms with van der Waals surface area (Å²) < 4.78 is 10.9. The molecule has 0 aromatic heterocycles. The first kappa shape index (κ1) is 25.1. The fraction of sp³-hybridized carbons (Fsp3) is 0.667. The van der Waals surface area contributed by atoms with Gasteiger partial charge in [-0.2, -0.15) is 0 Å². The maximum absolute atomic E-state index is 12.5. The number of Topliss-reactive ketones (excluding diaryl/α,β-unsaturated/α-hetero) is 1. The summed E-state index contributed by atoms with van der Waals surface area (Å²) in [5.41, 5.74) is 2.26. The van der Waals surface area contributed by atoms with Gasteiger partial charge in [0.25, 0.3) is 0 Å². The van der Waals surface area contributed by atoms with E-state index in [1.165, 1.54) is 5.56 Å². The quantitative estimate of drug-likeness (QED) is 0.482. The van der Waals surface area contributed by atoms with Gasteiger partial charge < -0.3 is 29.9 Å². The number of rotatable bonds is 3. The van der Waals surface area contributed by atoms with Crippen LogP contribution in [-0.4, -0.2) is 92.4 Å². The molecule has 9 atom stereocenters. The average Bonchev–Trinajstić information content (AvgIpc) is 3.08. The van der Waals surface area contributed by atoms with Gasteiger partial charge in [-0.15, -0.1) is 0 Å². The van der Waals surface area contributed by atoms with Gasteiger partial charge in [0.15, 0.2) is 6.10 Å². The van der Waals surface area contributed by atoms with Crippen molar-refractivity contribution in [2.24, 2.45) is 17.3 Å². The molecule has 3 aliphatic carbocycles. The van der Waals surface area contributed by atoms with Crippen LogP contribution in [0.15, 0.2) is 18.2 Å². The van der Waals surface area contributed by atoms with E-state index in [0.717, 1.165) is 37.7 Å². The molecule has 2 saturated carbocycles. The van der Waals surface area contributed by atoms with Crippen molar-refractivity contribution in [1.29, 1.82) is 0 Å². The van der Waals surface area contributed by atoms with E-state index < -0.39 is 36.7 Å². The van der Waals surface area contributed by atoms with Crippen molar-refractivity contribution in [3.63, 3.8) is 0 Å². The Kier molecular flexibility index (Phi) is 7.02. The topological polar surface area (TPSA) is 134 Å². The third-order valence-corrected chi connectivity index (χ3v) is 8.47.